The highest BCUT2D eigenvalue weighted by Crippen LogP contribution is 2.77. The normalized spacial score (nSPS) is 22.6. The Balaban J connectivity index is 1.17. The monoisotopic (exact) mass is 567 g/mol. The second-order valence-electron chi connectivity index (χ2n) is 11.4. The molecule has 1 aromatic heterocycles. The molecule has 2 fully saturated rings. The number of nitrogens with one attached hydrogen (secondary N) is 3. The minimum Gasteiger partial charge on any atom is -0.508 e. The van der Waals surface area contributed by atoms with E-state index in [2.05, 4.69) is 20.9 Å². The van der Waals surface area contributed by atoms with Gasteiger partial charge in [0.15, 0.2) is 0 Å². The van der Waals surface area contributed by atoms with Crippen LogP contribution in [0.15, 0.2) is 48.7 Å². The Hall–Kier alpha value is -4.32. The highest BCUT2D eigenvalue weighted by molar-refractivity contribution is 5.93. The SMILES string of the molecule is CC(C)(N)c1cc(NC(=O)N[C@@]23C[C@H]2[C@H]3c2cc(Oc3ccnc4c3CCC(=O)N4)ccc2O)cc(C(F)(F)F)c1. The van der Waals surface area contributed by atoms with Crippen molar-refractivity contribution in [2.24, 2.45) is 11.7 Å². The Morgan fingerprint density at radius 1 is 1.15 bits per heavy atom. The number of rotatable bonds is 6. The number of pyridine rings is 1. The summed E-state index contributed by atoms with van der Waals surface area (Å²) in [6, 6.07) is 9.19. The van der Waals surface area contributed by atoms with E-state index in [1.165, 1.54) is 18.3 Å². The second kappa shape index (κ2) is 9.10. The average molecular weight is 568 g/mol. The van der Waals surface area contributed by atoms with Gasteiger partial charge in [-0.1, -0.05) is 0 Å². The van der Waals surface area contributed by atoms with Gasteiger partial charge in [-0.25, -0.2) is 9.78 Å². The van der Waals surface area contributed by atoms with Gasteiger partial charge in [0.1, 0.15) is 23.1 Å². The van der Waals surface area contributed by atoms with Gasteiger partial charge in [0.2, 0.25) is 5.91 Å². The zero-order chi connectivity index (χ0) is 29.3. The van der Waals surface area contributed by atoms with Crippen LogP contribution in [0.2, 0.25) is 0 Å². The number of hydrogen-bond acceptors (Lipinski definition) is 6. The molecule has 6 rings (SSSR count). The molecule has 6 N–H and O–H groups in total. The molecule has 0 unspecified atom stereocenters. The van der Waals surface area contributed by atoms with Crippen LogP contribution in [-0.2, 0) is 22.9 Å². The van der Waals surface area contributed by atoms with E-state index in [-0.39, 0.29) is 34.7 Å². The topological polar surface area (TPSA) is 139 Å². The molecule has 2 aliphatic carbocycles. The molecular weight excluding hydrogens is 539 g/mol. The van der Waals surface area contributed by atoms with E-state index in [9.17, 15) is 27.9 Å². The number of alkyl halides is 3. The van der Waals surface area contributed by atoms with Gasteiger partial charge < -0.3 is 31.5 Å². The fourth-order valence-electron chi connectivity index (χ4n) is 5.56. The summed E-state index contributed by atoms with van der Waals surface area (Å²) in [5.74, 6) is 1.31. The summed E-state index contributed by atoms with van der Waals surface area (Å²) in [7, 11) is 0. The van der Waals surface area contributed by atoms with Gasteiger partial charge in [-0.15, -0.1) is 0 Å². The fourth-order valence-corrected chi connectivity index (χ4v) is 5.56. The Bertz CT molecular complexity index is 1550. The van der Waals surface area contributed by atoms with Crippen LogP contribution in [-0.4, -0.2) is 27.6 Å². The number of nitrogens with zero attached hydrogens (tertiary/aromatic N) is 1. The molecule has 0 bridgehead atoms. The summed E-state index contributed by atoms with van der Waals surface area (Å²) in [5.41, 5.74) is 5.06. The van der Waals surface area contributed by atoms with E-state index in [1.54, 1.807) is 32.0 Å². The third-order valence-electron chi connectivity index (χ3n) is 7.95. The Labute approximate surface area is 233 Å². The number of phenols is 1. The quantitative estimate of drug-likeness (QED) is 0.272. The minimum atomic E-state index is -4.61. The zero-order valence-electron chi connectivity index (χ0n) is 22.2. The summed E-state index contributed by atoms with van der Waals surface area (Å²) in [4.78, 5) is 28.8. The average Bonchev–Trinajstić information content (AvgIpc) is 3.74. The van der Waals surface area contributed by atoms with Crippen LogP contribution in [0.25, 0.3) is 0 Å². The molecule has 0 radical (unpaired) electrons. The van der Waals surface area contributed by atoms with Crippen molar-refractivity contribution in [1.82, 2.24) is 10.3 Å². The van der Waals surface area contributed by atoms with Crippen molar-refractivity contribution in [2.75, 3.05) is 10.6 Å². The molecular formula is C29H28F3N5O4. The number of carbonyl (C=O) groups is 2. The van der Waals surface area contributed by atoms with Crippen LogP contribution < -0.4 is 26.4 Å². The summed E-state index contributed by atoms with van der Waals surface area (Å²) in [5, 5.41) is 18.8. The Morgan fingerprint density at radius 2 is 1.90 bits per heavy atom. The molecule has 2 heterocycles. The lowest BCUT2D eigenvalue weighted by Crippen LogP contribution is -2.36. The Kier molecular flexibility index (Phi) is 5.96. The number of aromatic hydroxyl groups is 1. The first-order valence-electron chi connectivity index (χ1n) is 13.1. The number of fused-ring (bicyclic) bond motifs is 2. The van der Waals surface area contributed by atoms with Crippen LogP contribution in [0.5, 0.6) is 17.2 Å². The maximum Gasteiger partial charge on any atom is 0.416 e. The lowest BCUT2D eigenvalue weighted by Gasteiger charge is -2.22. The van der Waals surface area contributed by atoms with E-state index in [4.69, 9.17) is 10.5 Å². The largest absolute Gasteiger partial charge is 0.508 e. The number of aromatic nitrogens is 1. The number of amides is 3. The number of hydrogen-bond donors (Lipinski definition) is 5. The molecule has 1 aliphatic heterocycles. The van der Waals surface area contributed by atoms with Crippen LogP contribution in [0.4, 0.5) is 29.5 Å². The molecule has 214 valence electrons. The predicted molar refractivity (Wildman–Crippen MR) is 144 cm³/mol. The van der Waals surface area contributed by atoms with Gasteiger partial charge in [0, 0.05) is 40.9 Å². The van der Waals surface area contributed by atoms with E-state index >= 15 is 0 Å². The first-order valence-corrected chi connectivity index (χ1v) is 13.1. The van der Waals surface area contributed by atoms with Crippen molar-refractivity contribution in [2.45, 2.75) is 56.3 Å². The number of ether oxygens (including phenoxy) is 1. The standard InChI is InChI=1S/C29H28F3N5O4/c1-27(2,33)14-9-15(29(30,31)32)11-16(10-14)35-26(40)37-28-13-20(28)24(28)19-12-17(3-5-21(19)38)41-22-7-8-34-25-18(22)4-6-23(39)36-25/h3,5,7-12,20,24,38H,4,6,13,33H2,1-2H3,(H,34,36,39)(H2,35,37,40)/t20-,24+,28-/m0/s1. The number of anilines is 2. The fraction of sp³-hybridized carbons (Fsp3) is 0.345. The third-order valence-corrected chi connectivity index (χ3v) is 7.95. The van der Waals surface area contributed by atoms with Crippen LogP contribution in [0.3, 0.4) is 0 Å². The first kappa shape index (κ1) is 26.9. The van der Waals surface area contributed by atoms with E-state index in [0.29, 0.717) is 42.1 Å². The van der Waals surface area contributed by atoms with Crippen molar-refractivity contribution in [1.29, 1.82) is 0 Å². The number of nitrogens with two attached hydrogens (primary N) is 1. The van der Waals surface area contributed by atoms with Gasteiger partial charge in [-0.2, -0.15) is 13.2 Å². The van der Waals surface area contributed by atoms with Crippen molar-refractivity contribution in [3.63, 3.8) is 0 Å². The maximum absolute atomic E-state index is 13.5. The van der Waals surface area contributed by atoms with E-state index in [0.717, 1.165) is 17.7 Å². The molecule has 41 heavy (non-hydrogen) atoms. The molecule has 9 nitrogen and oxygen atoms in total. The summed E-state index contributed by atoms with van der Waals surface area (Å²) >= 11 is 0. The maximum atomic E-state index is 13.5. The molecule has 0 saturated heterocycles. The predicted octanol–water partition coefficient (Wildman–Crippen LogP) is 5.35. The highest BCUT2D eigenvalue weighted by Gasteiger charge is 2.80. The Morgan fingerprint density at radius 3 is 2.61 bits per heavy atom. The van der Waals surface area contributed by atoms with Crippen molar-refractivity contribution in [3.8, 4) is 17.2 Å². The zero-order valence-corrected chi connectivity index (χ0v) is 22.2. The molecule has 3 aromatic rings. The molecule has 2 saturated carbocycles. The second-order valence-corrected chi connectivity index (χ2v) is 11.4. The summed E-state index contributed by atoms with van der Waals surface area (Å²) in [6.45, 7) is 3.17. The summed E-state index contributed by atoms with van der Waals surface area (Å²) < 4.78 is 46.6. The number of benzene rings is 2. The minimum absolute atomic E-state index is 0.0215. The number of halogens is 3. The molecule has 0 spiro atoms. The van der Waals surface area contributed by atoms with E-state index < -0.39 is 28.8 Å². The van der Waals surface area contributed by atoms with Crippen LogP contribution in [0.1, 0.15) is 54.9 Å². The summed E-state index contributed by atoms with van der Waals surface area (Å²) in [6.07, 6.45) is -1.59. The number of urea groups is 1. The van der Waals surface area contributed by atoms with Crippen LogP contribution in [0, 0.1) is 5.92 Å². The third kappa shape index (κ3) is 5.03. The van der Waals surface area contributed by atoms with Gasteiger partial charge in [-0.05, 0) is 80.6 Å². The van der Waals surface area contributed by atoms with Gasteiger partial charge in [0.05, 0.1) is 11.1 Å². The molecule has 2 aromatic carbocycles. The van der Waals surface area contributed by atoms with Crippen molar-refractivity contribution in [3.05, 3.63) is 70.9 Å². The molecule has 3 amide bonds. The first-order chi connectivity index (χ1) is 19.2. The smallest absolute Gasteiger partial charge is 0.416 e. The lowest BCUT2D eigenvalue weighted by atomic mass is 9.93. The van der Waals surface area contributed by atoms with Crippen LogP contribution >= 0.6 is 0 Å². The van der Waals surface area contributed by atoms with Crippen molar-refractivity contribution < 1.29 is 32.6 Å². The highest BCUT2D eigenvalue weighted by atomic mass is 19.4. The molecule has 12 heteroatoms. The lowest BCUT2D eigenvalue weighted by molar-refractivity contribution is -0.137. The molecule has 3 aliphatic rings. The molecule has 3 atom stereocenters. The van der Waals surface area contributed by atoms with E-state index in [1.807, 2.05) is 0 Å². The van der Waals surface area contributed by atoms with Gasteiger partial charge in [-0.3, -0.25) is 4.79 Å². The number of phenolic OH excluding ortho intramolecular Hbond substituents is 1. The van der Waals surface area contributed by atoms with Crippen molar-refractivity contribution >= 4 is 23.4 Å². The number of carbonyl (C=O) groups excluding carboxylic acids is 2. The van der Waals surface area contributed by atoms with Gasteiger partial charge in [0.25, 0.3) is 0 Å². The van der Waals surface area contributed by atoms with Gasteiger partial charge >= 0.3 is 12.2 Å².